The maximum atomic E-state index is 14.9. The highest BCUT2D eigenvalue weighted by molar-refractivity contribution is 6.34. The van der Waals surface area contributed by atoms with E-state index in [0.29, 0.717) is 27.7 Å². The molecule has 0 saturated carbocycles. The average Bonchev–Trinajstić information content (AvgIpc) is 2.75. The third-order valence-electron chi connectivity index (χ3n) is 5.40. The molecule has 0 aliphatic heterocycles. The van der Waals surface area contributed by atoms with E-state index < -0.39 is 23.8 Å². The Morgan fingerprint density at radius 1 is 0.906 bits per heavy atom. The number of benzene rings is 3. The van der Waals surface area contributed by atoms with E-state index >= 15 is 0 Å². The predicted molar refractivity (Wildman–Crippen MR) is 121 cm³/mol. The first kappa shape index (κ1) is 22.1. The van der Waals surface area contributed by atoms with E-state index in [4.69, 9.17) is 11.6 Å². The minimum atomic E-state index is -0.982. The molecular formula is C25H20ClF3N2O. The van der Waals surface area contributed by atoms with Gasteiger partial charge in [-0.2, -0.15) is 0 Å². The van der Waals surface area contributed by atoms with Crippen LogP contribution < -0.4 is 5.32 Å². The van der Waals surface area contributed by atoms with E-state index in [2.05, 4.69) is 10.3 Å². The SMILES string of the molecule is CC(O)c1ccc(-c2cc3c(NC(C)c4ccccc4F)c(Cl)cnc3cc2F)cc1F. The van der Waals surface area contributed by atoms with Crippen LogP contribution in [0.25, 0.3) is 22.0 Å². The summed E-state index contributed by atoms with van der Waals surface area (Å²) in [5, 5.41) is 13.7. The van der Waals surface area contributed by atoms with Crippen LogP contribution in [0.4, 0.5) is 18.9 Å². The predicted octanol–water partition coefficient (Wildman–Crippen LogP) is 7.20. The van der Waals surface area contributed by atoms with Crippen molar-refractivity contribution >= 4 is 28.2 Å². The standard InChI is InChI=1S/C25H20ClF3N2O/c1-13(16-5-3-4-6-21(16)27)31-25-19-10-18(23(29)11-24(19)30-12-20(25)26)15-7-8-17(14(2)32)22(28)9-15/h3-14,32H,1-2H3,(H,30,31). The largest absolute Gasteiger partial charge is 0.389 e. The van der Waals surface area contributed by atoms with Crippen LogP contribution in [0.15, 0.2) is 60.8 Å². The zero-order valence-corrected chi connectivity index (χ0v) is 18.1. The maximum Gasteiger partial charge on any atom is 0.133 e. The minimum Gasteiger partial charge on any atom is -0.389 e. The molecule has 7 heteroatoms. The quantitative estimate of drug-likeness (QED) is 0.334. The van der Waals surface area contributed by atoms with Crippen LogP contribution in [-0.4, -0.2) is 10.1 Å². The second-order valence-electron chi connectivity index (χ2n) is 7.63. The molecule has 0 aliphatic rings. The van der Waals surface area contributed by atoms with Gasteiger partial charge >= 0.3 is 0 Å². The molecule has 4 rings (SSSR count). The molecule has 3 nitrogen and oxygen atoms in total. The Balaban J connectivity index is 1.82. The third kappa shape index (κ3) is 4.16. The van der Waals surface area contributed by atoms with Gasteiger partial charge in [-0.05, 0) is 37.6 Å². The Morgan fingerprint density at radius 2 is 1.66 bits per heavy atom. The van der Waals surface area contributed by atoms with E-state index in [0.717, 1.165) is 0 Å². The summed E-state index contributed by atoms with van der Waals surface area (Å²) in [5.74, 6) is -1.57. The van der Waals surface area contributed by atoms with Crippen LogP contribution in [0, 0.1) is 17.5 Å². The summed E-state index contributed by atoms with van der Waals surface area (Å²) in [6.45, 7) is 3.24. The number of aliphatic hydroxyl groups excluding tert-OH is 1. The van der Waals surface area contributed by atoms with Crippen LogP contribution in [-0.2, 0) is 0 Å². The van der Waals surface area contributed by atoms with Gasteiger partial charge < -0.3 is 10.4 Å². The molecule has 0 bridgehead atoms. The van der Waals surface area contributed by atoms with Gasteiger partial charge in [-0.15, -0.1) is 0 Å². The Bertz CT molecular complexity index is 1310. The van der Waals surface area contributed by atoms with Gasteiger partial charge in [0.25, 0.3) is 0 Å². The molecule has 32 heavy (non-hydrogen) atoms. The van der Waals surface area contributed by atoms with Crippen molar-refractivity contribution in [2.24, 2.45) is 0 Å². The van der Waals surface area contributed by atoms with E-state index in [1.54, 1.807) is 31.2 Å². The van der Waals surface area contributed by atoms with Gasteiger partial charge in [0.15, 0.2) is 0 Å². The molecule has 2 N–H and O–H groups in total. The smallest absolute Gasteiger partial charge is 0.133 e. The fourth-order valence-electron chi connectivity index (χ4n) is 3.71. The summed E-state index contributed by atoms with van der Waals surface area (Å²) in [4.78, 5) is 4.20. The molecule has 2 unspecified atom stereocenters. The topological polar surface area (TPSA) is 45.1 Å². The molecule has 0 spiro atoms. The van der Waals surface area contributed by atoms with Crippen LogP contribution in [0.1, 0.15) is 37.1 Å². The van der Waals surface area contributed by atoms with Gasteiger partial charge in [-0.25, -0.2) is 13.2 Å². The molecular weight excluding hydrogens is 437 g/mol. The lowest BCUT2D eigenvalue weighted by Gasteiger charge is -2.19. The number of nitrogens with one attached hydrogen (secondary N) is 1. The van der Waals surface area contributed by atoms with Crippen LogP contribution >= 0.6 is 11.6 Å². The minimum absolute atomic E-state index is 0.126. The molecule has 164 valence electrons. The summed E-state index contributed by atoms with van der Waals surface area (Å²) in [7, 11) is 0. The number of pyridine rings is 1. The normalized spacial score (nSPS) is 13.2. The summed E-state index contributed by atoms with van der Waals surface area (Å²) in [6, 6.07) is 12.9. The zero-order chi connectivity index (χ0) is 23.0. The van der Waals surface area contributed by atoms with E-state index in [9.17, 15) is 18.3 Å². The average molecular weight is 457 g/mol. The molecule has 0 aliphatic carbocycles. The number of hydrogen-bond donors (Lipinski definition) is 2. The molecule has 2 atom stereocenters. The monoisotopic (exact) mass is 456 g/mol. The first-order valence-corrected chi connectivity index (χ1v) is 10.4. The maximum absolute atomic E-state index is 14.9. The van der Waals surface area contributed by atoms with Gasteiger partial charge in [-0.1, -0.05) is 41.9 Å². The molecule has 0 amide bonds. The van der Waals surface area contributed by atoms with Crippen molar-refractivity contribution < 1.29 is 18.3 Å². The second kappa shape index (κ2) is 8.81. The summed E-state index contributed by atoms with van der Waals surface area (Å²) >= 11 is 6.39. The number of halogens is 4. The van der Waals surface area contributed by atoms with Gasteiger partial charge in [0.1, 0.15) is 17.5 Å². The van der Waals surface area contributed by atoms with E-state index in [1.807, 2.05) is 0 Å². The summed E-state index contributed by atoms with van der Waals surface area (Å²) in [6.07, 6.45) is 0.417. The van der Waals surface area contributed by atoms with Crippen molar-refractivity contribution in [2.45, 2.75) is 26.0 Å². The Hall–Kier alpha value is -3.09. The van der Waals surface area contributed by atoms with Crippen molar-refractivity contribution in [3.05, 3.63) is 94.4 Å². The number of aliphatic hydroxyl groups is 1. The second-order valence-corrected chi connectivity index (χ2v) is 8.04. The molecule has 3 aromatic carbocycles. The molecule has 0 saturated heterocycles. The highest BCUT2D eigenvalue weighted by Gasteiger charge is 2.18. The first-order valence-electron chi connectivity index (χ1n) is 10.0. The van der Waals surface area contributed by atoms with Crippen molar-refractivity contribution in [2.75, 3.05) is 5.32 Å². The highest BCUT2D eigenvalue weighted by Crippen LogP contribution is 2.37. The fraction of sp³-hybridized carbons (Fsp3) is 0.160. The van der Waals surface area contributed by atoms with Crippen LogP contribution in [0.3, 0.4) is 0 Å². The lowest BCUT2D eigenvalue weighted by molar-refractivity contribution is 0.194. The van der Waals surface area contributed by atoms with Crippen LogP contribution in [0.5, 0.6) is 0 Å². The number of rotatable bonds is 5. The number of aromatic nitrogens is 1. The van der Waals surface area contributed by atoms with Gasteiger partial charge in [0, 0.05) is 34.3 Å². The number of hydrogen-bond acceptors (Lipinski definition) is 3. The van der Waals surface area contributed by atoms with Crippen molar-refractivity contribution in [3.63, 3.8) is 0 Å². The lowest BCUT2D eigenvalue weighted by Crippen LogP contribution is -2.09. The Labute approximate surface area is 188 Å². The van der Waals surface area contributed by atoms with E-state index in [1.165, 1.54) is 43.5 Å². The number of anilines is 1. The zero-order valence-electron chi connectivity index (χ0n) is 17.3. The summed E-state index contributed by atoms with van der Waals surface area (Å²) in [5.41, 5.74) is 1.85. The molecule has 0 fully saturated rings. The molecule has 1 aromatic heterocycles. The molecule has 1 heterocycles. The van der Waals surface area contributed by atoms with Gasteiger partial charge in [0.2, 0.25) is 0 Å². The lowest BCUT2D eigenvalue weighted by atomic mass is 9.98. The molecule has 4 aromatic rings. The van der Waals surface area contributed by atoms with Gasteiger partial charge in [-0.3, -0.25) is 4.98 Å². The molecule has 0 radical (unpaired) electrons. The van der Waals surface area contributed by atoms with E-state index in [-0.39, 0.29) is 22.0 Å². The number of nitrogens with zero attached hydrogens (tertiary/aromatic N) is 1. The highest BCUT2D eigenvalue weighted by atomic mass is 35.5. The van der Waals surface area contributed by atoms with Crippen molar-refractivity contribution in [1.29, 1.82) is 0 Å². The van der Waals surface area contributed by atoms with Gasteiger partial charge in [0.05, 0.1) is 28.4 Å². The first-order chi connectivity index (χ1) is 15.3. The number of fused-ring (bicyclic) bond motifs is 1. The fourth-order valence-corrected chi connectivity index (χ4v) is 3.92. The summed E-state index contributed by atoms with van der Waals surface area (Å²) < 4.78 is 43.5. The van der Waals surface area contributed by atoms with Crippen molar-refractivity contribution in [3.8, 4) is 11.1 Å². The Morgan fingerprint density at radius 3 is 2.34 bits per heavy atom. The van der Waals surface area contributed by atoms with Crippen LogP contribution in [0.2, 0.25) is 5.02 Å². The Kier molecular flexibility index (Phi) is 6.09. The van der Waals surface area contributed by atoms with Crippen molar-refractivity contribution in [1.82, 2.24) is 4.98 Å². The third-order valence-corrected chi connectivity index (χ3v) is 5.69.